The van der Waals surface area contributed by atoms with Crippen molar-refractivity contribution >= 4 is 23.4 Å². The molecule has 2 rings (SSSR count). The van der Waals surface area contributed by atoms with Gasteiger partial charge in [-0.1, -0.05) is 0 Å². The second-order valence-electron chi connectivity index (χ2n) is 3.99. The molecule has 0 amide bonds. The number of H-pyrrole nitrogens is 1. The zero-order valence-electron chi connectivity index (χ0n) is 10.7. The molecule has 0 saturated carbocycles. The van der Waals surface area contributed by atoms with Gasteiger partial charge in [0.05, 0.1) is 19.8 Å². The van der Waals surface area contributed by atoms with E-state index in [1.54, 1.807) is 4.90 Å². The molecule has 0 atom stereocenters. The number of ether oxygens (including phenoxy) is 2. The van der Waals surface area contributed by atoms with Crippen LogP contribution in [0, 0.1) is 0 Å². The van der Waals surface area contributed by atoms with Crippen LogP contribution >= 0.6 is 0 Å². The van der Waals surface area contributed by atoms with Gasteiger partial charge >= 0.3 is 5.97 Å². The number of nitrogens with zero attached hydrogens (tertiary/aromatic N) is 2. The first kappa shape index (κ1) is 14.1. The monoisotopic (exact) mass is 284 g/mol. The lowest BCUT2D eigenvalue weighted by Crippen LogP contribution is -2.28. The van der Waals surface area contributed by atoms with Gasteiger partial charge in [0.15, 0.2) is 5.82 Å². The van der Waals surface area contributed by atoms with Gasteiger partial charge in [0.2, 0.25) is 5.95 Å². The Morgan fingerprint density at radius 2 is 2.25 bits per heavy atom. The number of fused-ring (bicyclic) bond motifs is 1. The Morgan fingerprint density at radius 1 is 1.45 bits per heavy atom. The second-order valence-corrected chi connectivity index (χ2v) is 3.99. The van der Waals surface area contributed by atoms with Crippen LogP contribution in [0.1, 0.15) is 0 Å². The molecule has 0 fully saturated rings. The molecule has 0 bridgehead atoms. The first-order valence-electron chi connectivity index (χ1n) is 5.94. The van der Waals surface area contributed by atoms with Crippen molar-refractivity contribution < 1.29 is 14.3 Å². The van der Waals surface area contributed by atoms with E-state index < -0.39 is 5.97 Å². The molecular formula is C10H16N6O4. The van der Waals surface area contributed by atoms with Crippen molar-refractivity contribution in [1.82, 2.24) is 9.97 Å². The van der Waals surface area contributed by atoms with Gasteiger partial charge in [0.25, 0.3) is 5.56 Å². The highest BCUT2D eigenvalue weighted by Gasteiger charge is 2.23. The summed E-state index contributed by atoms with van der Waals surface area (Å²) >= 11 is 0. The number of aromatic nitrogens is 2. The largest absolute Gasteiger partial charge is 0.462 e. The van der Waals surface area contributed by atoms with Gasteiger partial charge in [-0.05, 0) is 0 Å². The van der Waals surface area contributed by atoms with E-state index in [-0.39, 0.29) is 38.0 Å². The van der Waals surface area contributed by atoms with Crippen LogP contribution in [-0.2, 0) is 14.3 Å². The zero-order chi connectivity index (χ0) is 14.5. The van der Waals surface area contributed by atoms with Gasteiger partial charge < -0.3 is 31.2 Å². The summed E-state index contributed by atoms with van der Waals surface area (Å²) in [5.41, 5.74) is 10.6. The van der Waals surface area contributed by atoms with Crippen LogP contribution in [0.2, 0.25) is 0 Å². The Labute approximate surface area is 114 Å². The van der Waals surface area contributed by atoms with Gasteiger partial charge in [0, 0.05) is 0 Å². The molecule has 1 aliphatic heterocycles. The third kappa shape index (κ3) is 3.16. The molecule has 10 nitrogen and oxygen atoms in total. The minimum absolute atomic E-state index is 0.0410. The Balaban J connectivity index is 1.83. The lowest BCUT2D eigenvalue weighted by atomic mass is 10.5. The van der Waals surface area contributed by atoms with E-state index in [1.807, 2.05) is 0 Å². The Bertz CT molecular complexity index is 545. The van der Waals surface area contributed by atoms with Crippen molar-refractivity contribution in [1.29, 1.82) is 0 Å². The lowest BCUT2D eigenvalue weighted by Gasteiger charge is -2.16. The summed E-state index contributed by atoms with van der Waals surface area (Å²) in [6.45, 7) is 0.758. The minimum atomic E-state index is -0.484. The van der Waals surface area contributed by atoms with Crippen LogP contribution < -0.4 is 27.2 Å². The summed E-state index contributed by atoms with van der Waals surface area (Å²) in [7, 11) is 0. The highest BCUT2D eigenvalue weighted by Crippen LogP contribution is 2.24. The first-order chi connectivity index (χ1) is 9.61. The van der Waals surface area contributed by atoms with Crippen molar-refractivity contribution in [2.45, 2.75) is 0 Å². The van der Waals surface area contributed by atoms with E-state index >= 15 is 0 Å². The highest BCUT2D eigenvalue weighted by atomic mass is 16.6. The molecule has 110 valence electrons. The van der Waals surface area contributed by atoms with Crippen LogP contribution in [0.3, 0.4) is 0 Å². The van der Waals surface area contributed by atoms with Gasteiger partial charge in [0.1, 0.15) is 19.0 Å². The van der Waals surface area contributed by atoms with Gasteiger partial charge in [-0.25, -0.2) is 0 Å². The number of esters is 1. The Hall–Kier alpha value is -2.33. The van der Waals surface area contributed by atoms with E-state index in [2.05, 4.69) is 15.3 Å². The quantitative estimate of drug-likeness (QED) is 0.344. The van der Waals surface area contributed by atoms with Crippen molar-refractivity contribution in [3.05, 3.63) is 10.4 Å². The van der Waals surface area contributed by atoms with E-state index in [4.69, 9.17) is 20.9 Å². The van der Waals surface area contributed by atoms with E-state index in [0.29, 0.717) is 18.2 Å². The molecule has 0 saturated heterocycles. The fourth-order valence-electron chi connectivity index (χ4n) is 1.67. The number of nitrogens with two attached hydrogens (primary N) is 2. The fourth-order valence-corrected chi connectivity index (χ4v) is 1.67. The van der Waals surface area contributed by atoms with Crippen LogP contribution in [0.25, 0.3) is 0 Å². The lowest BCUT2D eigenvalue weighted by molar-refractivity contribution is -0.143. The summed E-state index contributed by atoms with van der Waals surface area (Å²) in [6.07, 6.45) is 0. The van der Waals surface area contributed by atoms with Gasteiger partial charge in [-0.2, -0.15) is 4.98 Å². The molecule has 1 aromatic rings. The summed E-state index contributed by atoms with van der Waals surface area (Å²) in [5, 5.41) is 2.90. The molecule has 0 unspecified atom stereocenters. The normalized spacial score (nSPS) is 12.9. The summed E-state index contributed by atoms with van der Waals surface area (Å²) < 4.78 is 10.1. The molecule has 0 aromatic carbocycles. The molecular weight excluding hydrogens is 268 g/mol. The number of carbonyl (C=O) groups excluding carboxylic acids is 1. The smallest absolute Gasteiger partial charge is 0.319 e. The summed E-state index contributed by atoms with van der Waals surface area (Å²) in [6, 6.07) is 0. The fraction of sp³-hybridized carbons (Fsp3) is 0.500. The van der Waals surface area contributed by atoms with E-state index in [9.17, 15) is 9.59 Å². The molecule has 0 radical (unpaired) electrons. The van der Waals surface area contributed by atoms with Crippen molar-refractivity contribution in [3.8, 4) is 0 Å². The average Bonchev–Trinajstić information content (AvgIpc) is 2.81. The molecule has 1 aromatic heterocycles. The second kappa shape index (κ2) is 6.21. The van der Waals surface area contributed by atoms with Crippen LogP contribution in [-0.4, -0.2) is 49.1 Å². The third-order valence-corrected chi connectivity index (χ3v) is 2.57. The number of hydrogen-bond donors (Lipinski definition) is 4. The van der Waals surface area contributed by atoms with Crippen molar-refractivity contribution in [2.75, 3.05) is 49.1 Å². The Kier molecular flexibility index (Phi) is 4.38. The first-order valence-corrected chi connectivity index (χ1v) is 5.94. The van der Waals surface area contributed by atoms with E-state index in [1.165, 1.54) is 0 Å². The van der Waals surface area contributed by atoms with Crippen LogP contribution in [0.4, 0.5) is 17.5 Å². The van der Waals surface area contributed by atoms with Crippen molar-refractivity contribution in [3.63, 3.8) is 0 Å². The number of hydrogen-bond acceptors (Lipinski definition) is 9. The molecule has 1 aliphatic rings. The minimum Gasteiger partial charge on any atom is -0.462 e. The van der Waals surface area contributed by atoms with Gasteiger partial charge in [-0.15, -0.1) is 0 Å². The third-order valence-electron chi connectivity index (χ3n) is 2.57. The SMILES string of the molecule is NCC(=O)OCCOCN1CNc2c1nc(N)[nH]c2=O. The topological polar surface area (TPSA) is 149 Å². The maximum Gasteiger partial charge on any atom is 0.319 e. The number of aromatic amines is 1. The zero-order valence-corrected chi connectivity index (χ0v) is 10.7. The molecule has 20 heavy (non-hydrogen) atoms. The highest BCUT2D eigenvalue weighted by molar-refractivity contribution is 5.71. The predicted molar refractivity (Wildman–Crippen MR) is 71.1 cm³/mol. The number of rotatable bonds is 6. The summed E-state index contributed by atoms with van der Waals surface area (Å²) in [4.78, 5) is 30.5. The number of anilines is 3. The predicted octanol–water partition coefficient (Wildman–Crippen LogP) is -1.98. The Morgan fingerprint density at radius 3 is 3.00 bits per heavy atom. The standard InChI is InChI=1S/C10H16N6O4/c11-3-6(17)20-2-1-19-5-16-4-13-7-8(16)14-10(12)15-9(7)18/h13H,1-5,11H2,(H3,12,14,15,18). The molecule has 2 heterocycles. The molecule has 0 spiro atoms. The maximum absolute atomic E-state index is 11.6. The number of carbonyl (C=O) groups is 1. The molecule has 10 heteroatoms. The van der Waals surface area contributed by atoms with Crippen LogP contribution in [0.15, 0.2) is 4.79 Å². The average molecular weight is 284 g/mol. The van der Waals surface area contributed by atoms with Crippen molar-refractivity contribution in [2.24, 2.45) is 5.73 Å². The number of nitrogen functional groups attached to an aromatic ring is 1. The number of nitrogens with one attached hydrogen (secondary N) is 2. The maximum atomic E-state index is 11.6. The molecule has 6 N–H and O–H groups in total. The molecule has 0 aliphatic carbocycles. The summed E-state index contributed by atoms with van der Waals surface area (Å²) in [5.74, 6) is -0.00714. The van der Waals surface area contributed by atoms with Gasteiger partial charge in [-0.3, -0.25) is 14.6 Å². The van der Waals surface area contributed by atoms with E-state index in [0.717, 1.165) is 0 Å². The van der Waals surface area contributed by atoms with Crippen LogP contribution in [0.5, 0.6) is 0 Å².